The Morgan fingerprint density at radius 3 is 3.13 bits per heavy atom. The Kier molecular flexibility index (Phi) is 5.71. The summed E-state index contributed by atoms with van der Waals surface area (Å²) in [5.41, 5.74) is 1.55. The second-order valence-electron chi connectivity index (χ2n) is 8.26. The molecule has 2 saturated heterocycles. The van der Waals surface area contributed by atoms with Gasteiger partial charge in [0.25, 0.3) is 0 Å². The zero-order chi connectivity index (χ0) is 20.5. The molecule has 0 saturated carbocycles. The summed E-state index contributed by atoms with van der Waals surface area (Å²) in [6, 6.07) is 0.145. The van der Waals surface area contributed by atoms with E-state index in [0.717, 1.165) is 68.2 Å². The molecule has 5 heterocycles. The highest BCUT2D eigenvalue weighted by molar-refractivity contribution is 6.24. The standard InChI is InChI=1S/C21H26ClFN6O/c22-13-7-16-17(9-25-19(16)24-8-13)20-26-10-18(23)21(28-20)27-14-3-1-5-29(11-14)12-15-4-2-6-30-15/h7,9-10,13-15H,1-6,8,11-12H2,(H,24,25)(H,26,27,28)/t13?,14-,15-/m0/s1. The molecule has 3 atom stereocenters. The molecule has 160 valence electrons. The number of aromatic amines is 1. The van der Waals surface area contributed by atoms with Crippen LogP contribution in [0, 0.1) is 5.82 Å². The van der Waals surface area contributed by atoms with Crippen molar-refractivity contribution < 1.29 is 9.13 Å². The van der Waals surface area contributed by atoms with Crippen molar-refractivity contribution in [3.05, 3.63) is 28.9 Å². The van der Waals surface area contributed by atoms with Crippen molar-refractivity contribution in [3.63, 3.8) is 0 Å². The number of fused-ring (bicyclic) bond motifs is 1. The molecule has 9 heteroatoms. The van der Waals surface area contributed by atoms with Crippen LogP contribution in [0.25, 0.3) is 17.5 Å². The summed E-state index contributed by atoms with van der Waals surface area (Å²) in [7, 11) is 0. The van der Waals surface area contributed by atoms with E-state index in [4.69, 9.17) is 16.3 Å². The molecule has 2 N–H and O–H groups in total. The van der Waals surface area contributed by atoms with Gasteiger partial charge in [-0.25, -0.2) is 14.4 Å². The molecule has 0 bridgehead atoms. The second kappa shape index (κ2) is 8.61. The fourth-order valence-electron chi connectivity index (χ4n) is 4.53. The van der Waals surface area contributed by atoms with Gasteiger partial charge in [0.15, 0.2) is 17.5 Å². The number of piperidine rings is 1. The van der Waals surface area contributed by atoms with Gasteiger partial charge in [-0.3, -0.25) is 9.89 Å². The lowest BCUT2D eigenvalue weighted by molar-refractivity contribution is 0.0648. The predicted molar refractivity (Wildman–Crippen MR) is 114 cm³/mol. The smallest absolute Gasteiger partial charge is 0.183 e. The quantitative estimate of drug-likeness (QED) is 0.703. The maximum atomic E-state index is 14.5. The number of hydrogen-bond acceptors (Lipinski definition) is 6. The third kappa shape index (κ3) is 4.22. The van der Waals surface area contributed by atoms with E-state index in [2.05, 4.69) is 30.2 Å². The maximum Gasteiger partial charge on any atom is 0.183 e. The van der Waals surface area contributed by atoms with Crippen molar-refractivity contribution in [1.82, 2.24) is 19.9 Å². The number of anilines is 1. The molecule has 3 aliphatic rings. The summed E-state index contributed by atoms with van der Waals surface area (Å²) >= 11 is 6.23. The number of halogens is 2. The van der Waals surface area contributed by atoms with E-state index in [1.807, 2.05) is 6.08 Å². The van der Waals surface area contributed by atoms with Crippen LogP contribution >= 0.6 is 11.6 Å². The molecule has 2 aromatic heterocycles. The fraction of sp³-hybridized carbons (Fsp3) is 0.571. The van der Waals surface area contributed by atoms with Gasteiger partial charge in [-0.1, -0.05) is 6.08 Å². The summed E-state index contributed by atoms with van der Waals surface area (Å²) in [6.07, 6.45) is 9.65. The molecule has 0 radical (unpaired) electrons. The Labute approximate surface area is 179 Å². The maximum absolute atomic E-state index is 14.5. The number of nitrogens with one attached hydrogen (secondary N) is 2. The zero-order valence-electron chi connectivity index (χ0n) is 16.8. The van der Waals surface area contributed by atoms with Crippen molar-refractivity contribution in [1.29, 1.82) is 0 Å². The van der Waals surface area contributed by atoms with Crippen LogP contribution in [-0.2, 0) is 4.74 Å². The first-order chi connectivity index (χ1) is 14.7. The van der Waals surface area contributed by atoms with Gasteiger partial charge in [0.2, 0.25) is 0 Å². The first-order valence-electron chi connectivity index (χ1n) is 10.7. The summed E-state index contributed by atoms with van der Waals surface area (Å²) in [4.78, 5) is 18.7. The van der Waals surface area contributed by atoms with Gasteiger partial charge < -0.3 is 15.0 Å². The molecule has 0 spiro atoms. The van der Waals surface area contributed by atoms with Crippen LogP contribution in [0.2, 0.25) is 0 Å². The van der Waals surface area contributed by atoms with Gasteiger partial charge in [-0.15, -0.1) is 11.6 Å². The molecule has 5 rings (SSSR count). The largest absolute Gasteiger partial charge is 0.377 e. The minimum absolute atomic E-state index is 0.145. The van der Waals surface area contributed by atoms with Crippen LogP contribution in [0.5, 0.6) is 0 Å². The number of rotatable bonds is 5. The number of hydrogen-bond donors (Lipinski definition) is 2. The lowest BCUT2D eigenvalue weighted by Crippen LogP contribution is -2.45. The Morgan fingerprint density at radius 2 is 2.27 bits per heavy atom. The van der Waals surface area contributed by atoms with E-state index in [1.165, 1.54) is 6.20 Å². The second-order valence-corrected chi connectivity index (χ2v) is 8.82. The minimum atomic E-state index is -0.441. The molecule has 1 unspecified atom stereocenters. The number of nitrogens with zero attached hydrogens (tertiary/aromatic N) is 4. The Hall–Kier alpha value is -2.03. The van der Waals surface area contributed by atoms with E-state index in [0.29, 0.717) is 18.5 Å². The molecular formula is C21H26ClFN6O. The fourth-order valence-corrected chi connectivity index (χ4v) is 4.72. The molecule has 0 aliphatic carbocycles. The van der Waals surface area contributed by atoms with Crippen LogP contribution in [0.4, 0.5) is 10.2 Å². The predicted octanol–water partition coefficient (Wildman–Crippen LogP) is 1.69. The summed E-state index contributed by atoms with van der Waals surface area (Å²) in [6.45, 7) is 4.27. The first-order valence-corrected chi connectivity index (χ1v) is 11.1. The number of likely N-dealkylation sites (tertiary alicyclic amines) is 1. The Bertz CT molecular complexity index is 1020. The van der Waals surface area contributed by atoms with E-state index in [1.54, 1.807) is 6.20 Å². The van der Waals surface area contributed by atoms with Gasteiger partial charge in [-0.2, -0.15) is 0 Å². The Balaban J connectivity index is 1.33. The van der Waals surface area contributed by atoms with Crippen LogP contribution in [0.1, 0.15) is 25.7 Å². The highest BCUT2D eigenvalue weighted by Crippen LogP contribution is 2.21. The number of aromatic nitrogens is 3. The minimum Gasteiger partial charge on any atom is -0.377 e. The highest BCUT2D eigenvalue weighted by atomic mass is 35.5. The highest BCUT2D eigenvalue weighted by Gasteiger charge is 2.25. The normalized spacial score (nSPS) is 26.7. The molecule has 30 heavy (non-hydrogen) atoms. The van der Waals surface area contributed by atoms with Crippen molar-refractivity contribution >= 4 is 23.5 Å². The Morgan fingerprint density at radius 1 is 1.33 bits per heavy atom. The van der Waals surface area contributed by atoms with Gasteiger partial charge in [0.05, 0.1) is 24.2 Å². The molecule has 2 fully saturated rings. The van der Waals surface area contributed by atoms with E-state index in [-0.39, 0.29) is 17.2 Å². The molecule has 0 aromatic carbocycles. The van der Waals surface area contributed by atoms with Crippen LogP contribution in [0.15, 0.2) is 17.4 Å². The molecular weight excluding hydrogens is 407 g/mol. The summed E-state index contributed by atoms with van der Waals surface area (Å²) in [5, 5.41) is 4.03. The average Bonchev–Trinajstić information content (AvgIpc) is 3.39. The zero-order valence-corrected chi connectivity index (χ0v) is 17.5. The van der Waals surface area contributed by atoms with E-state index >= 15 is 0 Å². The van der Waals surface area contributed by atoms with E-state index < -0.39 is 5.82 Å². The van der Waals surface area contributed by atoms with Crippen LogP contribution in [0.3, 0.4) is 0 Å². The van der Waals surface area contributed by atoms with Crippen LogP contribution in [-0.4, -0.2) is 70.2 Å². The SMILES string of the molecule is Fc1cnc(-c2c[nH]c3c2=CC(Cl)CN=3)nc1N[C@H]1CCCN(C[C@@H]2CCCO2)C1. The molecule has 0 amide bonds. The van der Waals surface area contributed by atoms with Gasteiger partial charge >= 0.3 is 0 Å². The van der Waals surface area contributed by atoms with Gasteiger partial charge in [0, 0.05) is 42.7 Å². The number of H-pyrrole nitrogens is 1. The first kappa shape index (κ1) is 19.9. The topological polar surface area (TPSA) is 78.4 Å². The van der Waals surface area contributed by atoms with Crippen molar-refractivity contribution in [3.8, 4) is 11.4 Å². The third-order valence-corrected chi connectivity index (χ3v) is 6.25. The number of ether oxygens (including phenoxy) is 1. The van der Waals surface area contributed by atoms with Crippen LogP contribution < -0.4 is 16.0 Å². The van der Waals surface area contributed by atoms with E-state index in [9.17, 15) is 4.39 Å². The lowest BCUT2D eigenvalue weighted by atomic mass is 10.0. The third-order valence-electron chi connectivity index (χ3n) is 5.99. The van der Waals surface area contributed by atoms with Crippen molar-refractivity contribution in [2.75, 3.05) is 38.1 Å². The monoisotopic (exact) mass is 432 g/mol. The van der Waals surface area contributed by atoms with Crippen molar-refractivity contribution in [2.45, 2.75) is 43.2 Å². The average molecular weight is 433 g/mol. The summed E-state index contributed by atoms with van der Waals surface area (Å²) in [5.74, 6) is 0.262. The number of alkyl halides is 1. The van der Waals surface area contributed by atoms with Crippen molar-refractivity contribution in [2.24, 2.45) is 4.99 Å². The van der Waals surface area contributed by atoms with Gasteiger partial charge in [-0.05, 0) is 32.2 Å². The summed E-state index contributed by atoms with van der Waals surface area (Å²) < 4.78 is 20.3. The molecule has 3 aliphatic heterocycles. The lowest BCUT2D eigenvalue weighted by Gasteiger charge is -2.34. The molecule has 2 aromatic rings. The molecule has 7 nitrogen and oxygen atoms in total. The van der Waals surface area contributed by atoms with Gasteiger partial charge in [0.1, 0.15) is 5.49 Å².